The number of terminal acetylenes is 1. The van der Waals surface area contributed by atoms with Crippen LogP contribution in [0.4, 0.5) is 5.69 Å². The number of carbonyl (C=O) groups excluding carboxylic acids is 1. The molecule has 0 saturated heterocycles. The van der Waals surface area contributed by atoms with Crippen molar-refractivity contribution in [1.82, 2.24) is 4.90 Å². The van der Waals surface area contributed by atoms with Crippen molar-refractivity contribution in [3.63, 3.8) is 0 Å². The smallest absolute Gasteiger partial charge is 0.164 e. The van der Waals surface area contributed by atoms with Gasteiger partial charge in [-0.25, -0.2) is 0 Å². The van der Waals surface area contributed by atoms with Crippen molar-refractivity contribution in [2.24, 2.45) is 5.92 Å². The molecule has 0 bridgehead atoms. The monoisotopic (exact) mass is 722 g/mol. The lowest BCUT2D eigenvalue weighted by Gasteiger charge is -2.29. The molecule has 3 aliphatic carbocycles. The highest BCUT2D eigenvalue weighted by Gasteiger charge is 2.29. The molecule has 4 heteroatoms. The number of allylic oxidation sites excluding steroid dienone is 23. The summed E-state index contributed by atoms with van der Waals surface area (Å²) in [6.45, 7) is 17.6. The fourth-order valence-corrected chi connectivity index (χ4v) is 7.12. The molecule has 4 aliphatic rings. The Hall–Kier alpha value is -5.24. The minimum absolute atomic E-state index is 0.0213. The highest BCUT2D eigenvalue weighted by atomic mass is 32.2. The molecule has 1 aliphatic heterocycles. The predicted octanol–water partition coefficient (Wildman–Crippen LogP) is 14.0. The van der Waals surface area contributed by atoms with Crippen LogP contribution in [-0.2, 0) is 0 Å². The van der Waals surface area contributed by atoms with Gasteiger partial charge in [0, 0.05) is 69.8 Å². The largest absolute Gasteiger partial charge is 0.318 e. The van der Waals surface area contributed by atoms with Gasteiger partial charge in [0.15, 0.2) is 5.78 Å². The first-order chi connectivity index (χ1) is 25.9. The molecule has 0 fully saturated rings. The zero-order valence-electron chi connectivity index (χ0n) is 32.8. The van der Waals surface area contributed by atoms with Gasteiger partial charge in [-0.2, -0.15) is 0 Å². The summed E-state index contributed by atoms with van der Waals surface area (Å²) in [6.07, 6.45) is 55.7. The lowest BCUT2D eigenvalue weighted by atomic mass is 9.97. The number of rotatable bonds is 9. The Balaban J connectivity index is 0.00000130. The van der Waals surface area contributed by atoms with Crippen LogP contribution in [0.3, 0.4) is 0 Å². The van der Waals surface area contributed by atoms with Crippen LogP contribution >= 0.6 is 11.8 Å². The number of benzene rings is 1. The maximum Gasteiger partial charge on any atom is 0.164 e. The molecule has 1 heterocycles. The van der Waals surface area contributed by atoms with Gasteiger partial charge in [-0.05, 0) is 94.5 Å². The van der Waals surface area contributed by atoms with Gasteiger partial charge in [0.25, 0.3) is 0 Å². The Morgan fingerprint density at radius 2 is 1.53 bits per heavy atom. The zero-order valence-corrected chi connectivity index (χ0v) is 33.7. The summed E-state index contributed by atoms with van der Waals surface area (Å²) >= 11 is 1.73. The van der Waals surface area contributed by atoms with Crippen molar-refractivity contribution < 1.29 is 4.79 Å². The normalized spacial score (nSPS) is 17.7. The van der Waals surface area contributed by atoms with Gasteiger partial charge in [-0.3, -0.25) is 4.79 Å². The van der Waals surface area contributed by atoms with Crippen LogP contribution < -0.4 is 4.90 Å². The van der Waals surface area contributed by atoms with E-state index in [0.717, 1.165) is 46.8 Å². The Bertz CT molecular complexity index is 1820. The number of fused-ring (bicyclic) bond motifs is 2. The standard InChI is InChI=1S/C42H44N2OS.C3H6.C2H6.C2H2/c1-5-8-13-21-34(19-6-2)44(36-24-16-11-12-17-25-36)38-27-28-39-40(45)29-33-20-18-26-37(30-41(33)46-42(39)31-38)43(32(4)7-3)35-22-14-9-10-15-23-35;1-3-2;2*1-2/h5-12,14-22,24,26-28,30-31,33H,13,23,25,29H2,1-4H3;3H,1H2,2H3;1-2H3;1-2H/b8-5-,19-6-,32-7+,34-21+;;;. The summed E-state index contributed by atoms with van der Waals surface area (Å²) < 4.78 is 0. The third-order valence-corrected chi connectivity index (χ3v) is 9.48. The molecule has 0 aromatic heterocycles. The number of hydrogen-bond donors (Lipinski definition) is 0. The number of ketones is 1. The average molecular weight is 723 g/mol. The maximum atomic E-state index is 13.8. The molecule has 0 radical (unpaired) electrons. The molecule has 53 heavy (non-hydrogen) atoms. The van der Waals surface area contributed by atoms with Gasteiger partial charge in [-0.1, -0.05) is 123 Å². The Morgan fingerprint density at radius 1 is 0.887 bits per heavy atom. The first-order valence-electron chi connectivity index (χ1n) is 18.5. The lowest BCUT2D eigenvalue weighted by Crippen LogP contribution is -2.21. The summed E-state index contributed by atoms with van der Waals surface area (Å²) in [4.78, 5) is 20.6. The van der Waals surface area contributed by atoms with Crippen LogP contribution in [0.15, 0.2) is 191 Å². The highest BCUT2D eigenvalue weighted by Crippen LogP contribution is 2.45. The first-order valence-corrected chi connectivity index (χ1v) is 19.3. The predicted molar refractivity (Wildman–Crippen MR) is 235 cm³/mol. The molecule has 3 nitrogen and oxygen atoms in total. The number of Topliss-reactive ketones (excluding diaryl/α,β-unsaturated/α-hetero) is 1. The Labute approximate surface area is 325 Å². The molecule has 1 aromatic carbocycles. The van der Waals surface area contributed by atoms with E-state index in [1.54, 1.807) is 17.8 Å². The Kier molecular flexibility index (Phi) is 20.6. The summed E-state index contributed by atoms with van der Waals surface area (Å²) in [5.41, 5.74) is 7.61. The molecule has 5 rings (SSSR count). The number of anilines is 1. The molecule has 0 N–H and O–H groups in total. The van der Waals surface area contributed by atoms with Gasteiger partial charge in [0.05, 0.1) is 0 Å². The van der Waals surface area contributed by atoms with E-state index >= 15 is 0 Å². The number of hydrogen-bond acceptors (Lipinski definition) is 4. The highest BCUT2D eigenvalue weighted by molar-refractivity contribution is 8.03. The summed E-state index contributed by atoms with van der Waals surface area (Å²) in [7, 11) is 0. The SMILES string of the molecule is C#C.C/C=C\C/C=C(\C=C/C)N(C1=CC=CC=CC1)c1ccc2c(c1)SC1=CC(N(C3=CC=CC=CC3)/C(C)=C/C)=CC=CC1CC2=O.C=CC.CC. The van der Waals surface area contributed by atoms with Crippen molar-refractivity contribution >= 4 is 23.2 Å². The van der Waals surface area contributed by atoms with Crippen LogP contribution in [0.1, 0.15) is 84.5 Å². The summed E-state index contributed by atoms with van der Waals surface area (Å²) in [5, 5.41) is 0. The quantitative estimate of drug-likeness (QED) is 0.144. The molecule has 0 amide bonds. The van der Waals surface area contributed by atoms with Gasteiger partial charge in [0.1, 0.15) is 0 Å². The van der Waals surface area contributed by atoms with Crippen LogP contribution in [0.25, 0.3) is 0 Å². The summed E-state index contributed by atoms with van der Waals surface area (Å²) in [6, 6.07) is 6.35. The van der Waals surface area contributed by atoms with Crippen molar-refractivity contribution in [3.05, 3.63) is 191 Å². The molecule has 1 unspecified atom stereocenters. The minimum atomic E-state index is 0.0213. The topological polar surface area (TPSA) is 23.6 Å². The van der Waals surface area contributed by atoms with Gasteiger partial charge in [0.2, 0.25) is 0 Å². The van der Waals surface area contributed by atoms with Crippen molar-refractivity contribution in [1.29, 1.82) is 0 Å². The molecule has 0 saturated carbocycles. The van der Waals surface area contributed by atoms with E-state index in [4.69, 9.17) is 0 Å². The van der Waals surface area contributed by atoms with E-state index in [9.17, 15) is 4.79 Å². The molecular formula is C49H58N2OS. The third kappa shape index (κ3) is 12.7. The van der Waals surface area contributed by atoms with Crippen molar-refractivity contribution in [3.8, 4) is 12.8 Å². The van der Waals surface area contributed by atoms with E-state index in [1.807, 2.05) is 26.8 Å². The minimum Gasteiger partial charge on any atom is -0.318 e. The van der Waals surface area contributed by atoms with E-state index in [-0.39, 0.29) is 11.7 Å². The van der Waals surface area contributed by atoms with Crippen LogP contribution in [0.2, 0.25) is 0 Å². The second kappa shape index (κ2) is 24.9. The number of thioether (sulfide) groups is 1. The van der Waals surface area contributed by atoms with Crippen LogP contribution in [0, 0.1) is 18.8 Å². The van der Waals surface area contributed by atoms with Gasteiger partial charge < -0.3 is 9.80 Å². The first kappa shape index (κ1) is 43.9. The molecule has 0 spiro atoms. The fourth-order valence-electron chi connectivity index (χ4n) is 5.90. The van der Waals surface area contributed by atoms with Gasteiger partial charge in [-0.15, -0.1) is 19.4 Å². The number of nitrogens with zero attached hydrogens (tertiary/aromatic N) is 2. The van der Waals surface area contributed by atoms with E-state index in [0.29, 0.717) is 6.42 Å². The molecule has 1 atom stereocenters. The maximum absolute atomic E-state index is 13.8. The fraction of sp³-hybridized carbons (Fsp3) is 0.245. The van der Waals surface area contributed by atoms with E-state index < -0.39 is 0 Å². The molecule has 276 valence electrons. The second-order valence-electron chi connectivity index (χ2n) is 11.8. The molecular weight excluding hydrogens is 665 g/mol. The zero-order chi connectivity index (χ0) is 39.0. The number of carbonyl (C=O) groups is 1. The third-order valence-electron chi connectivity index (χ3n) is 8.27. The average Bonchev–Trinajstić information content (AvgIpc) is 3.72. The lowest BCUT2D eigenvalue weighted by molar-refractivity contribution is 0.0973. The van der Waals surface area contributed by atoms with E-state index in [2.05, 4.69) is 191 Å². The van der Waals surface area contributed by atoms with Gasteiger partial charge >= 0.3 is 0 Å². The van der Waals surface area contributed by atoms with E-state index in [1.165, 1.54) is 22.0 Å². The summed E-state index contributed by atoms with van der Waals surface area (Å²) in [5.74, 6) is 0.204. The second-order valence-corrected chi connectivity index (χ2v) is 12.9. The Morgan fingerprint density at radius 3 is 2.13 bits per heavy atom. The van der Waals surface area contributed by atoms with Crippen LogP contribution in [0.5, 0.6) is 0 Å². The van der Waals surface area contributed by atoms with Crippen molar-refractivity contribution in [2.75, 3.05) is 4.90 Å². The molecule has 1 aromatic rings. The van der Waals surface area contributed by atoms with Crippen LogP contribution in [-0.4, -0.2) is 10.7 Å². The van der Waals surface area contributed by atoms with Crippen molar-refractivity contribution in [2.45, 2.75) is 79.0 Å².